The van der Waals surface area contributed by atoms with Crippen LogP contribution < -0.4 is 0 Å². The van der Waals surface area contributed by atoms with Gasteiger partial charge in [0.15, 0.2) is 0 Å². The first-order valence-electron chi connectivity index (χ1n) is 14.4. The minimum atomic E-state index is 0.838. The van der Waals surface area contributed by atoms with Crippen LogP contribution in [0.3, 0.4) is 0 Å². The molecule has 0 spiro atoms. The fraction of sp³-hybridized carbons (Fsp3) is 0. The Morgan fingerprint density at radius 3 is 1.98 bits per heavy atom. The molecule has 0 aliphatic rings. The molecule has 4 nitrogen and oxygen atoms in total. The lowest BCUT2D eigenvalue weighted by Gasteiger charge is -2.13. The Hall–Kier alpha value is -5.87. The van der Waals surface area contributed by atoms with Gasteiger partial charge in [-0.05, 0) is 82.9 Å². The maximum absolute atomic E-state index is 5.11. The molecular weight excluding hydrogens is 524 g/mol. The first-order chi connectivity index (χ1) is 21.3. The molecule has 8 aromatic rings. The lowest BCUT2D eigenvalue weighted by atomic mass is 9.98. The number of fused-ring (bicyclic) bond motifs is 3. The van der Waals surface area contributed by atoms with Crippen molar-refractivity contribution in [2.75, 3.05) is 0 Å². The summed E-state index contributed by atoms with van der Waals surface area (Å²) in [5.41, 5.74) is 12.5. The molecule has 4 aromatic heterocycles. The summed E-state index contributed by atoms with van der Waals surface area (Å²) in [6.07, 6.45) is 3.68. The van der Waals surface area contributed by atoms with Gasteiger partial charge in [0.05, 0.1) is 33.6 Å². The van der Waals surface area contributed by atoms with Gasteiger partial charge in [0.2, 0.25) is 0 Å². The van der Waals surface area contributed by atoms with Crippen LogP contribution >= 0.6 is 0 Å². The molecule has 0 N–H and O–H groups in total. The largest absolute Gasteiger partial charge is 0.308 e. The second-order valence-electron chi connectivity index (χ2n) is 10.6. The van der Waals surface area contributed by atoms with E-state index in [-0.39, 0.29) is 0 Å². The molecule has 0 aliphatic carbocycles. The van der Waals surface area contributed by atoms with Crippen LogP contribution in [0.2, 0.25) is 0 Å². The Morgan fingerprint density at radius 2 is 1.09 bits per heavy atom. The maximum Gasteiger partial charge on any atom is 0.0963 e. The van der Waals surface area contributed by atoms with Crippen molar-refractivity contribution < 1.29 is 0 Å². The Morgan fingerprint density at radius 1 is 0.395 bits per heavy atom. The summed E-state index contributed by atoms with van der Waals surface area (Å²) in [6.45, 7) is 0. The first kappa shape index (κ1) is 24.9. The number of rotatable bonds is 5. The molecule has 0 aliphatic heterocycles. The average Bonchev–Trinajstić information content (AvgIpc) is 3.43. The molecule has 4 heterocycles. The van der Waals surface area contributed by atoms with Crippen molar-refractivity contribution in [3.8, 4) is 50.6 Å². The van der Waals surface area contributed by atoms with E-state index in [2.05, 4.69) is 125 Å². The molecular formula is C39H26N4. The SMILES string of the molecule is c1ccc(-c2cccc(-c3cc(-c4cccc(-n5c6ccccc6c6ncccc65)c4)cc(-c4ccccn4)n3)c2)cc1. The third-order valence-corrected chi connectivity index (χ3v) is 7.88. The monoisotopic (exact) mass is 550 g/mol. The van der Waals surface area contributed by atoms with Gasteiger partial charge in [-0.1, -0.05) is 84.9 Å². The zero-order chi connectivity index (χ0) is 28.6. The molecule has 0 bridgehead atoms. The van der Waals surface area contributed by atoms with Crippen LogP contribution in [-0.4, -0.2) is 19.5 Å². The van der Waals surface area contributed by atoms with E-state index in [1.165, 1.54) is 5.56 Å². The zero-order valence-corrected chi connectivity index (χ0v) is 23.3. The average molecular weight is 551 g/mol. The van der Waals surface area contributed by atoms with Crippen molar-refractivity contribution in [1.29, 1.82) is 0 Å². The van der Waals surface area contributed by atoms with E-state index in [9.17, 15) is 0 Å². The van der Waals surface area contributed by atoms with Gasteiger partial charge < -0.3 is 4.57 Å². The van der Waals surface area contributed by atoms with Gasteiger partial charge >= 0.3 is 0 Å². The fourth-order valence-electron chi connectivity index (χ4n) is 5.87. The van der Waals surface area contributed by atoms with Crippen molar-refractivity contribution in [3.05, 3.63) is 158 Å². The second-order valence-corrected chi connectivity index (χ2v) is 10.6. The Bertz CT molecular complexity index is 2180. The Kier molecular flexibility index (Phi) is 6.08. The molecule has 4 heteroatoms. The van der Waals surface area contributed by atoms with E-state index in [1.807, 2.05) is 42.7 Å². The second kappa shape index (κ2) is 10.5. The molecule has 4 aromatic carbocycles. The highest BCUT2D eigenvalue weighted by atomic mass is 15.0. The Labute approximate surface area is 249 Å². The lowest BCUT2D eigenvalue weighted by molar-refractivity contribution is 1.17. The fourth-order valence-corrected chi connectivity index (χ4v) is 5.87. The van der Waals surface area contributed by atoms with E-state index < -0.39 is 0 Å². The predicted molar refractivity (Wildman–Crippen MR) is 176 cm³/mol. The topological polar surface area (TPSA) is 43.6 Å². The summed E-state index contributed by atoms with van der Waals surface area (Å²) >= 11 is 0. The van der Waals surface area contributed by atoms with Crippen molar-refractivity contribution in [2.45, 2.75) is 0 Å². The highest BCUT2D eigenvalue weighted by Gasteiger charge is 2.15. The van der Waals surface area contributed by atoms with Gasteiger partial charge in [-0.2, -0.15) is 0 Å². The van der Waals surface area contributed by atoms with Crippen LogP contribution in [0.1, 0.15) is 0 Å². The highest BCUT2D eigenvalue weighted by molar-refractivity contribution is 6.07. The number of hydrogen-bond donors (Lipinski definition) is 0. The quantitative estimate of drug-likeness (QED) is 0.214. The number of aromatic nitrogens is 4. The first-order valence-corrected chi connectivity index (χ1v) is 14.4. The van der Waals surface area contributed by atoms with Crippen LogP contribution in [0.5, 0.6) is 0 Å². The summed E-state index contributed by atoms with van der Waals surface area (Å²) in [5.74, 6) is 0. The molecule has 0 unspecified atom stereocenters. The van der Waals surface area contributed by atoms with Crippen molar-refractivity contribution >= 4 is 21.9 Å². The Balaban J connectivity index is 1.30. The van der Waals surface area contributed by atoms with Gasteiger partial charge in [-0.3, -0.25) is 9.97 Å². The van der Waals surface area contributed by atoms with Crippen LogP contribution in [0.15, 0.2) is 158 Å². The molecule has 0 fully saturated rings. The van der Waals surface area contributed by atoms with E-state index >= 15 is 0 Å². The van der Waals surface area contributed by atoms with Crippen molar-refractivity contribution in [3.63, 3.8) is 0 Å². The summed E-state index contributed by atoms with van der Waals surface area (Å²) in [5, 5.41) is 1.14. The standard InChI is InChI=1S/C39H26N4/c1-2-11-27(12-3-1)28-13-8-15-30(23-28)35-25-31(26-36(42-35)34-18-6-7-21-40-34)29-14-9-16-32(24-29)43-37-19-5-4-17-33(37)39-38(43)20-10-22-41-39/h1-26H. The maximum atomic E-state index is 5.11. The lowest BCUT2D eigenvalue weighted by Crippen LogP contribution is -1.96. The van der Waals surface area contributed by atoms with Gasteiger partial charge in [-0.15, -0.1) is 0 Å². The number of hydrogen-bond acceptors (Lipinski definition) is 3. The molecule has 8 rings (SSSR count). The third-order valence-electron chi connectivity index (χ3n) is 7.88. The van der Waals surface area contributed by atoms with E-state index in [0.717, 1.165) is 67.0 Å². The van der Waals surface area contributed by atoms with Crippen LogP contribution in [0.25, 0.3) is 72.5 Å². The zero-order valence-electron chi connectivity index (χ0n) is 23.3. The van der Waals surface area contributed by atoms with E-state index in [1.54, 1.807) is 0 Å². The number of benzene rings is 4. The number of pyridine rings is 3. The van der Waals surface area contributed by atoms with Gasteiger partial charge in [0, 0.05) is 29.0 Å². The minimum absolute atomic E-state index is 0.838. The number of nitrogens with zero attached hydrogens (tertiary/aromatic N) is 4. The van der Waals surface area contributed by atoms with Crippen LogP contribution in [0.4, 0.5) is 0 Å². The summed E-state index contributed by atoms with van der Waals surface area (Å²) < 4.78 is 2.30. The normalized spacial score (nSPS) is 11.3. The highest BCUT2D eigenvalue weighted by Crippen LogP contribution is 2.35. The summed E-state index contributed by atoms with van der Waals surface area (Å²) in [4.78, 5) is 14.5. The molecule has 43 heavy (non-hydrogen) atoms. The molecule has 0 radical (unpaired) electrons. The third kappa shape index (κ3) is 4.55. The molecule has 202 valence electrons. The van der Waals surface area contributed by atoms with Gasteiger partial charge in [-0.25, -0.2) is 4.98 Å². The molecule has 0 saturated carbocycles. The van der Waals surface area contributed by atoms with Crippen LogP contribution in [-0.2, 0) is 0 Å². The number of para-hydroxylation sites is 1. The molecule has 0 atom stereocenters. The minimum Gasteiger partial charge on any atom is -0.308 e. The molecule has 0 saturated heterocycles. The predicted octanol–water partition coefficient (Wildman–Crippen LogP) is 9.64. The smallest absolute Gasteiger partial charge is 0.0963 e. The van der Waals surface area contributed by atoms with E-state index in [0.29, 0.717) is 0 Å². The summed E-state index contributed by atoms with van der Waals surface area (Å²) in [7, 11) is 0. The van der Waals surface area contributed by atoms with Gasteiger partial charge in [0.1, 0.15) is 0 Å². The molecule has 0 amide bonds. The van der Waals surface area contributed by atoms with Crippen molar-refractivity contribution in [1.82, 2.24) is 19.5 Å². The van der Waals surface area contributed by atoms with Gasteiger partial charge in [0.25, 0.3) is 0 Å². The van der Waals surface area contributed by atoms with E-state index in [4.69, 9.17) is 9.97 Å². The summed E-state index contributed by atoms with van der Waals surface area (Å²) in [6, 6.07) is 50.6. The van der Waals surface area contributed by atoms with Crippen molar-refractivity contribution in [2.24, 2.45) is 0 Å². The van der Waals surface area contributed by atoms with Crippen LogP contribution in [0, 0.1) is 0 Å².